The van der Waals surface area contributed by atoms with Crippen LogP contribution < -0.4 is 10.1 Å². The zero-order valence-corrected chi connectivity index (χ0v) is 14.0. The summed E-state index contributed by atoms with van der Waals surface area (Å²) in [5.74, 6) is 1.11. The summed E-state index contributed by atoms with van der Waals surface area (Å²) in [4.78, 5) is 16.8. The molecule has 0 radical (unpaired) electrons. The molecule has 0 bridgehead atoms. The van der Waals surface area contributed by atoms with Crippen molar-refractivity contribution in [1.82, 2.24) is 15.1 Å². The average molecular weight is 317 g/mol. The molecule has 1 saturated heterocycles. The van der Waals surface area contributed by atoms with Gasteiger partial charge in [-0.15, -0.1) is 0 Å². The number of hydrogen-bond acceptors (Lipinski definition) is 4. The Kier molecular flexibility index (Phi) is 5.51. The van der Waals surface area contributed by atoms with Gasteiger partial charge in [0.2, 0.25) is 5.91 Å². The predicted octanol–water partition coefficient (Wildman–Crippen LogP) is 1.27. The van der Waals surface area contributed by atoms with Crippen LogP contribution in [0.4, 0.5) is 0 Å². The first kappa shape index (κ1) is 16.3. The fourth-order valence-corrected chi connectivity index (χ4v) is 3.24. The van der Waals surface area contributed by atoms with Crippen LogP contribution in [0.1, 0.15) is 24.0 Å². The minimum atomic E-state index is 0.114. The highest BCUT2D eigenvalue weighted by Gasteiger charge is 2.15. The van der Waals surface area contributed by atoms with E-state index in [-0.39, 0.29) is 5.91 Å². The van der Waals surface area contributed by atoms with Gasteiger partial charge in [-0.3, -0.25) is 9.69 Å². The van der Waals surface area contributed by atoms with Crippen LogP contribution in [-0.2, 0) is 17.8 Å². The van der Waals surface area contributed by atoms with Gasteiger partial charge in [0, 0.05) is 19.6 Å². The van der Waals surface area contributed by atoms with Gasteiger partial charge in [0.25, 0.3) is 0 Å². The minimum absolute atomic E-state index is 0.114. The Morgan fingerprint density at radius 3 is 3.04 bits per heavy atom. The highest BCUT2D eigenvalue weighted by atomic mass is 16.5. The van der Waals surface area contributed by atoms with E-state index in [4.69, 9.17) is 4.74 Å². The van der Waals surface area contributed by atoms with Crippen molar-refractivity contribution in [2.45, 2.75) is 25.8 Å². The number of nitrogens with zero attached hydrogens (tertiary/aromatic N) is 2. The third-order valence-corrected chi connectivity index (χ3v) is 4.64. The first-order valence-corrected chi connectivity index (χ1v) is 8.63. The second kappa shape index (κ2) is 7.79. The van der Waals surface area contributed by atoms with Crippen LogP contribution in [0.3, 0.4) is 0 Å². The van der Waals surface area contributed by atoms with Gasteiger partial charge in [-0.05, 0) is 56.6 Å². The molecule has 1 aromatic rings. The monoisotopic (exact) mass is 317 g/mol. The van der Waals surface area contributed by atoms with Crippen molar-refractivity contribution in [3.8, 4) is 5.75 Å². The van der Waals surface area contributed by atoms with Gasteiger partial charge in [0.05, 0.1) is 13.2 Å². The fraction of sp³-hybridized carbons (Fsp3) is 0.611. The largest absolute Gasteiger partial charge is 0.493 e. The molecule has 23 heavy (non-hydrogen) atoms. The van der Waals surface area contributed by atoms with Gasteiger partial charge in [-0.25, -0.2) is 0 Å². The highest BCUT2D eigenvalue weighted by Crippen LogP contribution is 2.25. The van der Waals surface area contributed by atoms with E-state index in [0.717, 1.165) is 63.4 Å². The maximum atomic E-state index is 12.2. The van der Waals surface area contributed by atoms with Gasteiger partial charge in [-0.2, -0.15) is 0 Å². The summed E-state index contributed by atoms with van der Waals surface area (Å²) in [5.41, 5.74) is 2.41. The Hall–Kier alpha value is -1.59. The van der Waals surface area contributed by atoms with Crippen molar-refractivity contribution in [2.24, 2.45) is 0 Å². The smallest absolute Gasteiger partial charge is 0.234 e. The molecule has 5 heteroatoms. The van der Waals surface area contributed by atoms with Crippen LogP contribution in [-0.4, -0.2) is 62.1 Å². The second-order valence-corrected chi connectivity index (χ2v) is 6.60. The van der Waals surface area contributed by atoms with Crippen LogP contribution in [0.5, 0.6) is 5.75 Å². The van der Waals surface area contributed by atoms with E-state index in [9.17, 15) is 4.79 Å². The molecule has 0 spiro atoms. The number of ether oxygens (including phenoxy) is 1. The third-order valence-electron chi connectivity index (χ3n) is 4.64. The van der Waals surface area contributed by atoms with Gasteiger partial charge in [0.1, 0.15) is 5.75 Å². The van der Waals surface area contributed by atoms with E-state index in [2.05, 4.69) is 28.2 Å². The molecule has 5 nitrogen and oxygen atoms in total. The quantitative estimate of drug-likeness (QED) is 0.908. The normalized spacial score (nSPS) is 19.5. The van der Waals surface area contributed by atoms with Crippen molar-refractivity contribution < 1.29 is 9.53 Å². The summed E-state index contributed by atoms with van der Waals surface area (Å²) in [6.45, 7) is 6.05. The molecule has 1 aromatic carbocycles. The number of rotatable bonds is 4. The number of nitrogens with one attached hydrogen (secondary N) is 1. The first-order chi connectivity index (χ1) is 11.2. The number of carbonyl (C=O) groups is 1. The Morgan fingerprint density at radius 1 is 1.22 bits per heavy atom. The third kappa shape index (κ3) is 4.69. The van der Waals surface area contributed by atoms with Crippen LogP contribution >= 0.6 is 0 Å². The molecule has 1 amide bonds. The standard InChI is InChI=1S/C18H27N3O2/c1-20-7-3-8-21(10-9-20)14-18(22)19-13-15-5-6-17-16(12-15)4-2-11-23-17/h5-6,12H,2-4,7-11,13-14H2,1H3,(H,19,22). The number of benzene rings is 1. The molecule has 3 rings (SSSR count). The molecule has 0 saturated carbocycles. The number of aryl methyl sites for hydroxylation is 1. The maximum absolute atomic E-state index is 12.2. The molecule has 2 aliphatic heterocycles. The minimum Gasteiger partial charge on any atom is -0.493 e. The maximum Gasteiger partial charge on any atom is 0.234 e. The molecular weight excluding hydrogens is 290 g/mol. The molecular formula is C18H27N3O2. The van der Waals surface area contributed by atoms with E-state index in [1.165, 1.54) is 5.56 Å². The Bertz CT molecular complexity index is 547. The lowest BCUT2D eigenvalue weighted by Gasteiger charge is -2.20. The van der Waals surface area contributed by atoms with Gasteiger partial charge in [-0.1, -0.05) is 12.1 Å². The molecule has 1 N–H and O–H groups in total. The second-order valence-electron chi connectivity index (χ2n) is 6.60. The molecule has 2 aliphatic rings. The van der Waals surface area contributed by atoms with Crippen molar-refractivity contribution in [2.75, 3.05) is 46.4 Å². The number of likely N-dealkylation sites (N-methyl/N-ethyl adjacent to an activating group) is 1. The van der Waals surface area contributed by atoms with Gasteiger partial charge in [0.15, 0.2) is 0 Å². The zero-order valence-electron chi connectivity index (χ0n) is 14.0. The van der Waals surface area contributed by atoms with E-state index >= 15 is 0 Å². The van der Waals surface area contributed by atoms with Gasteiger partial charge >= 0.3 is 0 Å². The van der Waals surface area contributed by atoms with Crippen LogP contribution in [0.15, 0.2) is 18.2 Å². The number of fused-ring (bicyclic) bond motifs is 1. The predicted molar refractivity (Wildman–Crippen MR) is 90.7 cm³/mol. The number of amides is 1. The van der Waals surface area contributed by atoms with Crippen LogP contribution in [0, 0.1) is 0 Å². The number of hydrogen-bond donors (Lipinski definition) is 1. The molecule has 0 unspecified atom stereocenters. The van der Waals surface area contributed by atoms with E-state index in [0.29, 0.717) is 13.1 Å². The zero-order chi connectivity index (χ0) is 16.1. The topological polar surface area (TPSA) is 44.8 Å². The SMILES string of the molecule is CN1CCCN(CC(=O)NCc2ccc3c(c2)CCCO3)CC1. The lowest BCUT2D eigenvalue weighted by molar-refractivity contribution is -0.122. The van der Waals surface area contributed by atoms with Crippen LogP contribution in [0.25, 0.3) is 0 Å². The van der Waals surface area contributed by atoms with E-state index in [1.54, 1.807) is 0 Å². The summed E-state index contributed by atoms with van der Waals surface area (Å²) in [5, 5.41) is 3.05. The van der Waals surface area contributed by atoms with Crippen molar-refractivity contribution in [3.05, 3.63) is 29.3 Å². The summed E-state index contributed by atoms with van der Waals surface area (Å²) < 4.78 is 5.63. The van der Waals surface area contributed by atoms with E-state index in [1.807, 2.05) is 12.1 Å². The van der Waals surface area contributed by atoms with Crippen molar-refractivity contribution in [1.29, 1.82) is 0 Å². The highest BCUT2D eigenvalue weighted by molar-refractivity contribution is 5.78. The Balaban J connectivity index is 1.47. The lowest BCUT2D eigenvalue weighted by Crippen LogP contribution is -2.38. The summed E-state index contributed by atoms with van der Waals surface area (Å²) >= 11 is 0. The lowest BCUT2D eigenvalue weighted by atomic mass is 10.0. The summed E-state index contributed by atoms with van der Waals surface area (Å²) in [7, 11) is 2.14. The Labute approximate surface area is 138 Å². The Morgan fingerprint density at radius 2 is 2.13 bits per heavy atom. The van der Waals surface area contributed by atoms with Crippen LogP contribution in [0.2, 0.25) is 0 Å². The number of carbonyl (C=O) groups excluding carboxylic acids is 1. The van der Waals surface area contributed by atoms with Crippen molar-refractivity contribution >= 4 is 5.91 Å². The molecule has 0 aromatic heterocycles. The molecule has 126 valence electrons. The first-order valence-electron chi connectivity index (χ1n) is 8.63. The molecule has 0 aliphatic carbocycles. The molecule has 1 fully saturated rings. The van der Waals surface area contributed by atoms with E-state index < -0.39 is 0 Å². The summed E-state index contributed by atoms with van der Waals surface area (Å²) in [6.07, 6.45) is 3.28. The molecule has 0 atom stereocenters. The average Bonchev–Trinajstić information content (AvgIpc) is 2.77. The molecule has 2 heterocycles. The summed E-state index contributed by atoms with van der Waals surface area (Å²) in [6, 6.07) is 6.24. The fourth-order valence-electron chi connectivity index (χ4n) is 3.24. The van der Waals surface area contributed by atoms with Crippen molar-refractivity contribution in [3.63, 3.8) is 0 Å². The van der Waals surface area contributed by atoms with Gasteiger partial charge < -0.3 is 15.0 Å².